The number of nitrogens with one attached hydrogen (secondary N) is 1. The van der Waals surface area contributed by atoms with E-state index < -0.39 is 10.0 Å². The highest BCUT2D eigenvalue weighted by Crippen LogP contribution is 2.29. The molecule has 0 aliphatic carbocycles. The summed E-state index contributed by atoms with van der Waals surface area (Å²) in [6.45, 7) is 5.27. The van der Waals surface area contributed by atoms with Crippen molar-refractivity contribution < 1.29 is 13.2 Å². The first-order valence-corrected chi connectivity index (χ1v) is 10.4. The van der Waals surface area contributed by atoms with E-state index in [1.165, 1.54) is 22.8 Å². The Labute approximate surface area is 169 Å². The summed E-state index contributed by atoms with van der Waals surface area (Å²) in [5.74, 6) is 0.116. The van der Waals surface area contributed by atoms with Crippen molar-refractivity contribution in [2.45, 2.75) is 31.8 Å². The molecule has 2 aromatic carbocycles. The monoisotopic (exact) mass is 411 g/mol. The van der Waals surface area contributed by atoms with Crippen LogP contribution in [0.15, 0.2) is 52.2 Å². The molecule has 8 heteroatoms. The normalized spacial score (nSPS) is 11.4. The van der Waals surface area contributed by atoms with Crippen LogP contribution in [0.3, 0.4) is 0 Å². The Bertz CT molecular complexity index is 1300. The molecule has 0 spiro atoms. The summed E-state index contributed by atoms with van der Waals surface area (Å²) in [6, 6.07) is 12.9. The minimum Gasteiger partial charge on any atom is -0.490 e. The summed E-state index contributed by atoms with van der Waals surface area (Å²) in [6.07, 6.45) is -0.261. The van der Waals surface area contributed by atoms with Gasteiger partial charge in [-0.3, -0.25) is 9.52 Å². The molecule has 0 amide bonds. The summed E-state index contributed by atoms with van der Waals surface area (Å²) in [5.41, 5.74) is 1.83. The fourth-order valence-electron chi connectivity index (χ4n) is 3.06. The Hall–Kier alpha value is -3.31. The van der Waals surface area contributed by atoms with E-state index in [9.17, 15) is 13.2 Å². The van der Waals surface area contributed by atoms with Crippen LogP contribution in [0.5, 0.6) is 5.75 Å². The summed E-state index contributed by atoms with van der Waals surface area (Å²) in [5, 5.41) is 9.83. The predicted octanol–water partition coefficient (Wildman–Crippen LogP) is 3.31. The molecule has 150 valence electrons. The Balaban J connectivity index is 2.05. The van der Waals surface area contributed by atoms with Gasteiger partial charge < -0.3 is 9.30 Å². The number of hydrogen-bond acceptors (Lipinski definition) is 5. The Kier molecular flexibility index (Phi) is 5.36. The van der Waals surface area contributed by atoms with E-state index in [2.05, 4.69) is 4.72 Å². The lowest BCUT2D eigenvalue weighted by atomic mass is 10.1. The standard InChI is InChI=1S/C21H21N3O4S/c1-13(2)28-19-10-15(12-22)5-8-20(19)29(26,27)23-17-6-7-18-16(11-17)9-14(3)21(25)24(18)4/h5-11,13,23H,1-4H3. The van der Waals surface area contributed by atoms with Gasteiger partial charge >= 0.3 is 0 Å². The number of hydrogen-bond donors (Lipinski definition) is 1. The van der Waals surface area contributed by atoms with Gasteiger partial charge in [-0.25, -0.2) is 8.42 Å². The third-order valence-electron chi connectivity index (χ3n) is 4.38. The number of benzene rings is 2. The van der Waals surface area contributed by atoms with E-state index in [1.807, 2.05) is 6.07 Å². The zero-order valence-electron chi connectivity index (χ0n) is 16.6. The maximum atomic E-state index is 13.0. The molecule has 1 N–H and O–H groups in total. The largest absolute Gasteiger partial charge is 0.490 e. The van der Waals surface area contributed by atoms with Crippen molar-refractivity contribution in [1.29, 1.82) is 5.26 Å². The fraction of sp³-hybridized carbons (Fsp3) is 0.238. The minimum absolute atomic E-state index is 0.0538. The summed E-state index contributed by atoms with van der Waals surface area (Å²) in [4.78, 5) is 12.0. The molecule has 0 bridgehead atoms. The van der Waals surface area contributed by atoms with Crippen molar-refractivity contribution in [2.24, 2.45) is 7.05 Å². The van der Waals surface area contributed by atoms with Crippen LogP contribution in [0.1, 0.15) is 25.0 Å². The first-order valence-electron chi connectivity index (χ1n) is 8.96. The molecule has 0 aliphatic heterocycles. The number of sulfonamides is 1. The second-order valence-corrected chi connectivity index (χ2v) is 8.66. The van der Waals surface area contributed by atoms with Crippen molar-refractivity contribution in [1.82, 2.24) is 4.57 Å². The summed E-state index contributed by atoms with van der Waals surface area (Å²) < 4.78 is 35.7. The second-order valence-electron chi connectivity index (χ2n) is 7.01. The van der Waals surface area contributed by atoms with Gasteiger partial charge in [0.1, 0.15) is 10.6 Å². The topological polar surface area (TPSA) is 101 Å². The number of aromatic nitrogens is 1. The van der Waals surface area contributed by atoms with Gasteiger partial charge in [0.2, 0.25) is 0 Å². The van der Waals surface area contributed by atoms with E-state index >= 15 is 0 Å². The number of fused-ring (bicyclic) bond motifs is 1. The first-order chi connectivity index (χ1) is 13.6. The van der Waals surface area contributed by atoms with Crippen LogP contribution in [-0.2, 0) is 17.1 Å². The molecule has 3 rings (SSSR count). The molecular weight excluding hydrogens is 390 g/mol. The number of nitrogens with zero attached hydrogens (tertiary/aromatic N) is 2. The molecule has 1 aromatic heterocycles. The van der Waals surface area contributed by atoms with E-state index in [0.29, 0.717) is 22.3 Å². The molecule has 0 saturated carbocycles. The van der Waals surface area contributed by atoms with Gasteiger partial charge in [-0.2, -0.15) is 5.26 Å². The van der Waals surface area contributed by atoms with E-state index in [-0.39, 0.29) is 22.3 Å². The molecule has 0 unspecified atom stereocenters. The van der Waals surface area contributed by atoms with E-state index in [1.54, 1.807) is 52.1 Å². The van der Waals surface area contributed by atoms with Crippen molar-refractivity contribution in [3.63, 3.8) is 0 Å². The molecule has 3 aromatic rings. The van der Waals surface area contributed by atoms with E-state index in [4.69, 9.17) is 10.00 Å². The molecule has 0 fully saturated rings. The van der Waals surface area contributed by atoms with Crippen LogP contribution >= 0.6 is 0 Å². The third kappa shape index (κ3) is 4.10. The van der Waals surface area contributed by atoms with Gasteiger partial charge in [0.15, 0.2) is 0 Å². The average Bonchev–Trinajstić information content (AvgIpc) is 2.65. The fourth-order valence-corrected chi connectivity index (χ4v) is 4.23. The van der Waals surface area contributed by atoms with Crippen LogP contribution in [0.25, 0.3) is 10.9 Å². The number of anilines is 1. The molecule has 0 saturated heterocycles. The SMILES string of the molecule is Cc1cc2cc(NS(=O)(=O)c3ccc(C#N)cc3OC(C)C)ccc2n(C)c1=O. The van der Waals surface area contributed by atoms with Gasteiger partial charge in [0.25, 0.3) is 15.6 Å². The minimum atomic E-state index is -3.96. The zero-order valence-corrected chi connectivity index (χ0v) is 17.4. The molecule has 0 atom stereocenters. The van der Waals surface area contributed by atoms with Crippen molar-refractivity contribution in [3.8, 4) is 11.8 Å². The predicted molar refractivity (Wildman–Crippen MR) is 112 cm³/mol. The Morgan fingerprint density at radius 1 is 1.14 bits per heavy atom. The molecule has 29 heavy (non-hydrogen) atoms. The van der Waals surface area contributed by atoms with Crippen molar-refractivity contribution in [2.75, 3.05) is 4.72 Å². The number of rotatable bonds is 5. The zero-order chi connectivity index (χ0) is 21.3. The Morgan fingerprint density at radius 2 is 1.86 bits per heavy atom. The van der Waals surface area contributed by atoms with Gasteiger partial charge in [0.05, 0.1) is 23.3 Å². The number of nitriles is 1. The highest BCUT2D eigenvalue weighted by atomic mass is 32.2. The molecule has 0 aliphatic rings. The van der Waals surface area contributed by atoms with Crippen LogP contribution in [0.2, 0.25) is 0 Å². The summed E-state index contributed by atoms with van der Waals surface area (Å²) >= 11 is 0. The van der Waals surface area contributed by atoms with Crippen molar-refractivity contribution in [3.05, 3.63) is 63.9 Å². The average molecular weight is 411 g/mol. The van der Waals surface area contributed by atoms with Crippen LogP contribution < -0.4 is 15.0 Å². The molecular formula is C21H21N3O4S. The highest BCUT2D eigenvalue weighted by molar-refractivity contribution is 7.92. The first kappa shape index (κ1) is 20.4. The lowest BCUT2D eigenvalue weighted by molar-refractivity contribution is 0.236. The maximum Gasteiger partial charge on any atom is 0.265 e. The van der Waals surface area contributed by atoms with Gasteiger partial charge in [-0.05, 0) is 63.2 Å². The summed E-state index contributed by atoms with van der Waals surface area (Å²) in [7, 11) is -2.29. The third-order valence-corrected chi connectivity index (χ3v) is 5.80. The molecule has 0 radical (unpaired) electrons. The number of aryl methyl sites for hydroxylation is 2. The van der Waals surface area contributed by atoms with Crippen molar-refractivity contribution >= 4 is 26.6 Å². The number of pyridine rings is 1. The Morgan fingerprint density at radius 3 is 2.52 bits per heavy atom. The number of ether oxygens (including phenoxy) is 1. The lowest BCUT2D eigenvalue weighted by Gasteiger charge is -2.16. The molecule has 1 heterocycles. The van der Waals surface area contributed by atoms with Gasteiger partial charge in [-0.1, -0.05) is 0 Å². The smallest absolute Gasteiger partial charge is 0.265 e. The van der Waals surface area contributed by atoms with Gasteiger partial charge in [-0.15, -0.1) is 0 Å². The van der Waals surface area contributed by atoms with E-state index in [0.717, 1.165) is 5.39 Å². The second kappa shape index (κ2) is 7.60. The quantitative estimate of drug-likeness (QED) is 0.694. The highest BCUT2D eigenvalue weighted by Gasteiger charge is 2.21. The van der Waals surface area contributed by atoms with Gasteiger partial charge in [0, 0.05) is 23.7 Å². The van der Waals surface area contributed by atoms with Crippen LogP contribution in [0.4, 0.5) is 5.69 Å². The lowest BCUT2D eigenvalue weighted by Crippen LogP contribution is -2.19. The van der Waals surface area contributed by atoms with Crippen LogP contribution in [0, 0.1) is 18.3 Å². The molecule has 7 nitrogen and oxygen atoms in total. The van der Waals surface area contributed by atoms with Crippen LogP contribution in [-0.4, -0.2) is 19.1 Å². The maximum absolute atomic E-state index is 13.0.